The van der Waals surface area contributed by atoms with Crippen molar-refractivity contribution >= 4 is 18.4 Å². The van der Waals surface area contributed by atoms with Crippen LogP contribution in [0.3, 0.4) is 0 Å². The highest BCUT2D eigenvalue weighted by Gasteiger charge is 2.21. The topological polar surface area (TPSA) is 63.3 Å². The van der Waals surface area contributed by atoms with Crippen LogP contribution in [0.15, 0.2) is 12.2 Å². The summed E-state index contributed by atoms with van der Waals surface area (Å²) in [4.78, 5) is 10.2. The highest BCUT2D eigenvalue weighted by Crippen LogP contribution is 2.15. The van der Waals surface area contributed by atoms with Gasteiger partial charge in [-0.3, -0.25) is 4.79 Å². The van der Waals surface area contributed by atoms with E-state index in [1.165, 1.54) is 0 Å². The fourth-order valence-electron chi connectivity index (χ4n) is 0.910. The largest absolute Gasteiger partial charge is 0.481 e. The minimum atomic E-state index is -0.779. The van der Waals surface area contributed by atoms with Crippen LogP contribution in [0.1, 0.15) is 6.42 Å². The van der Waals surface area contributed by atoms with Gasteiger partial charge in [-0.2, -0.15) is 0 Å². The van der Waals surface area contributed by atoms with Crippen molar-refractivity contribution in [3.8, 4) is 0 Å². The van der Waals surface area contributed by atoms with Gasteiger partial charge in [0.05, 0.1) is 5.92 Å². The summed E-state index contributed by atoms with van der Waals surface area (Å²) in [5.74, 6) is -1.13. The molecule has 0 aromatic rings. The molecule has 0 aromatic carbocycles. The van der Waals surface area contributed by atoms with E-state index in [1.54, 1.807) is 12.2 Å². The fourth-order valence-corrected chi connectivity index (χ4v) is 0.910. The van der Waals surface area contributed by atoms with Crippen molar-refractivity contribution in [3.63, 3.8) is 0 Å². The Morgan fingerprint density at radius 1 is 1.60 bits per heavy atom. The van der Waals surface area contributed by atoms with Crippen LogP contribution in [0.2, 0.25) is 0 Å². The van der Waals surface area contributed by atoms with Crippen LogP contribution in [-0.2, 0) is 4.79 Å². The number of hydrogen-bond donors (Lipinski definition) is 2. The third-order valence-corrected chi connectivity index (χ3v) is 1.43. The monoisotopic (exact) mass is 163 g/mol. The van der Waals surface area contributed by atoms with E-state index < -0.39 is 5.97 Å². The molecular weight excluding hydrogens is 154 g/mol. The lowest BCUT2D eigenvalue weighted by atomic mass is 10.1. The van der Waals surface area contributed by atoms with Crippen molar-refractivity contribution in [2.75, 3.05) is 0 Å². The van der Waals surface area contributed by atoms with Crippen molar-refractivity contribution in [2.24, 2.45) is 11.7 Å². The number of carboxylic acid groups (broad SMARTS) is 1. The molecule has 0 radical (unpaired) electrons. The predicted octanol–water partition coefficient (Wildman–Crippen LogP) is 0.396. The van der Waals surface area contributed by atoms with Crippen LogP contribution in [0, 0.1) is 5.92 Å². The van der Waals surface area contributed by atoms with E-state index in [2.05, 4.69) is 0 Å². The maximum Gasteiger partial charge on any atom is 0.310 e. The number of carboxylic acids is 1. The second-order valence-corrected chi connectivity index (χ2v) is 2.23. The van der Waals surface area contributed by atoms with Gasteiger partial charge < -0.3 is 10.8 Å². The lowest BCUT2D eigenvalue weighted by Crippen LogP contribution is -2.18. The Morgan fingerprint density at radius 3 is 2.40 bits per heavy atom. The van der Waals surface area contributed by atoms with Gasteiger partial charge in [-0.1, -0.05) is 12.2 Å². The number of hydrogen-bond acceptors (Lipinski definition) is 2. The molecule has 1 aliphatic carbocycles. The summed E-state index contributed by atoms with van der Waals surface area (Å²) in [6.07, 6.45) is 3.93. The van der Waals surface area contributed by atoms with Crippen LogP contribution >= 0.6 is 12.4 Å². The molecule has 0 spiro atoms. The third-order valence-electron chi connectivity index (χ3n) is 1.43. The Labute approximate surface area is 65.3 Å². The van der Waals surface area contributed by atoms with Gasteiger partial charge in [-0.25, -0.2) is 0 Å². The van der Waals surface area contributed by atoms with Crippen molar-refractivity contribution in [2.45, 2.75) is 12.5 Å². The van der Waals surface area contributed by atoms with Crippen molar-refractivity contribution in [3.05, 3.63) is 12.2 Å². The van der Waals surface area contributed by atoms with E-state index in [9.17, 15) is 4.79 Å². The van der Waals surface area contributed by atoms with Crippen LogP contribution in [0.4, 0.5) is 0 Å². The summed E-state index contributed by atoms with van der Waals surface area (Å²) >= 11 is 0. The average Bonchev–Trinajstić information content (AvgIpc) is 2.14. The first-order valence-corrected chi connectivity index (χ1v) is 2.87. The summed E-state index contributed by atoms with van der Waals surface area (Å²) in [6, 6.07) is -0.0499. The smallest absolute Gasteiger partial charge is 0.310 e. The minimum absolute atomic E-state index is 0. The number of nitrogens with two attached hydrogens (primary N) is 1. The van der Waals surface area contributed by atoms with E-state index in [4.69, 9.17) is 10.8 Å². The van der Waals surface area contributed by atoms with Gasteiger partial charge in [-0.05, 0) is 6.42 Å². The van der Waals surface area contributed by atoms with Crippen LogP contribution in [0.25, 0.3) is 0 Å². The highest BCUT2D eigenvalue weighted by atomic mass is 35.5. The Bertz CT molecular complexity index is 158. The second-order valence-electron chi connectivity index (χ2n) is 2.23. The second kappa shape index (κ2) is 3.58. The molecule has 0 fully saturated rings. The summed E-state index contributed by atoms with van der Waals surface area (Å²) in [5, 5.41) is 8.42. The lowest BCUT2D eigenvalue weighted by molar-refractivity contribution is -0.140. The van der Waals surface area contributed by atoms with Crippen LogP contribution in [-0.4, -0.2) is 17.1 Å². The Morgan fingerprint density at radius 2 is 2.20 bits per heavy atom. The average molecular weight is 164 g/mol. The molecule has 1 unspecified atom stereocenters. The molecule has 0 aromatic heterocycles. The first-order valence-electron chi connectivity index (χ1n) is 2.87. The Balaban J connectivity index is 0.000000810. The van der Waals surface area contributed by atoms with Gasteiger partial charge in [0, 0.05) is 6.04 Å². The minimum Gasteiger partial charge on any atom is -0.481 e. The van der Waals surface area contributed by atoms with Crippen molar-refractivity contribution < 1.29 is 9.90 Å². The maximum atomic E-state index is 10.2. The van der Waals surface area contributed by atoms with E-state index >= 15 is 0 Å². The van der Waals surface area contributed by atoms with Gasteiger partial charge in [0.15, 0.2) is 0 Å². The van der Waals surface area contributed by atoms with Gasteiger partial charge in [0.2, 0.25) is 0 Å². The van der Waals surface area contributed by atoms with Gasteiger partial charge in [0.1, 0.15) is 0 Å². The zero-order chi connectivity index (χ0) is 6.85. The Kier molecular flexibility index (Phi) is 3.39. The molecule has 0 heterocycles. The molecular formula is C6H10ClNO2. The van der Waals surface area contributed by atoms with Crippen molar-refractivity contribution in [1.29, 1.82) is 0 Å². The molecule has 0 saturated heterocycles. The molecule has 1 aliphatic rings. The molecule has 58 valence electrons. The summed E-state index contributed by atoms with van der Waals surface area (Å²) in [7, 11) is 0. The molecule has 0 bridgehead atoms. The molecule has 10 heavy (non-hydrogen) atoms. The van der Waals surface area contributed by atoms with Gasteiger partial charge in [-0.15, -0.1) is 12.4 Å². The van der Waals surface area contributed by atoms with Crippen LogP contribution in [0.5, 0.6) is 0 Å². The number of carbonyl (C=O) groups is 1. The SMILES string of the molecule is Cl.NC1C=C[C@H](C(=O)O)C1. The third kappa shape index (κ3) is 2.01. The van der Waals surface area contributed by atoms with Gasteiger partial charge in [0.25, 0.3) is 0 Å². The van der Waals surface area contributed by atoms with Crippen LogP contribution < -0.4 is 5.73 Å². The quantitative estimate of drug-likeness (QED) is 0.550. The first kappa shape index (κ1) is 9.46. The zero-order valence-electron chi connectivity index (χ0n) is 5.36. The molecule has 0 amide bonds. The summed E-state index contributed by atoms with van der Waals surface area (Å²) in [5.41, 5.74) is 5.41. The normalized spacial score (nSPS) is 29.7. The summed E-state index contributed by atoms with van der Waals surface area (Å²) < 4.78 is 0. The van der Waals surface area contributed by atoms with E-state index in [-0.39, 0.29) is 24.4 Å². The van der Waals surface area contributed by atoms with E-state index in [0.717, 1.165) is 0 Å². The van der Waals surface area contributed by atoms with E-state index in [1.807, 2.05) is 0 Å². The molecule has 1 rings (SSSR count). The number of aliphatic carboxylic acids is 1. The molecule has 2 atom stereocenters. The van der Waals surface area contributed by atoms with E-state index in [0.29, 0.717) is 6.42 Å². The maximum absolute atomic E-state index is 10.2. The predicted molar refractivity (Wildman–Crippen MR) is 40.1 cm³/mol. The standard InChI is InChI=1S/C6H9NO2.ClH/c7-5-2-1-4(3-5)6(8)9;/h1-2,4-5H,3,7H2,(H,8,9);1H/t4-,5?;/m0./s1. The molecule has 0 saturated carbocycles. The van der Waals surface area contributed by atoms with Gasteiger partial charge >= 0.3 is 5.97 Å². The van der Waals surface area contributed by atoms with Crippen molar-refractivity contribution in [1.82, 2.24) is 0 Å². The zero-order valence-corrected chi connectivity index (χ0v) is 6.17. The molecule has 4 heteroatoms. The fraction of sp³-hybridized carbons (Fsp3) is 0.500. The first-order chi connectivity index (χ1) is 4.20. The number of halogens is 1. The molecule has 3 nitrogen and oxygen atoms in total. The highest BCUT2D eigenvalue weighted by molar-refractivity contribution is 5.85. The Hall–Kier alpha value is -0.540. The molecule has 0 aliphatic heterocycles. The molecule has 3 N–H and O–H groups in total. The summed E-state index contributed by atoms with van der Waals surface area (Å²) in [6.45, 7) is 0. The number of rotatable bonds is 1. The lowest BCUT2D eigenvalue weighted by Gasteiger charge is -2.00.